The molecule has 0 saturated carbocycles. The fourth-order valence-corrected chi connectivity index (χ4v) is 1.63. The van der Waals surface area contributed by atoms with Crippen molar-refractivity contribution in [1.29, 1.82) is 0 Å². The maximum atomic E-state index is 11.8. The number of benzene rings is 1. The monoisotopic (exact) mass is 244 g/mol. The average molecular weight is 244 g/mol. The van der Waals surface area contributed by atoms with Crippen molar-refractivity contribution in [2.45, 2.75) is 13.0 Å². The van der Waals surface area contributed by atoms with Crippen molar-refractivity contribution in [2.75, 3.05) is 12.4 Å². The molecule has 3 N–H and O–H groups in total. The third-order valence-electron chi connectivity index (χ3n) is 2.84. The van der Waals surface area contributed by atoms with Crippen molar-refractivity contribution in [3.05, 3.63) is 47.8 Å². The van der Waals surface area contributed by atoms with Crippen molar-refractivity contribution < 1.29 is 4.79 Å². The molecule has 5 nitrogen and oxygen atoms in total. The van der Waals surface area contributed by atoms with E-state index in [0.717, 1.165) is 11.3 Å². The van der Waals surface area contributed by atoms with Gasteiger partial charge in [-0.05, 0) is 31.7 Å². The summed E-state index contributed by atoms with van der Waals surface area (Å²) < 4.78 is 0. The van der Waals surface area contributed by atoms with Crippen molar-refractivity contribution in [2.24, 2.45) is 0 Å². The lowest BCUT2D eigenvalue weighted by Gasteiger charge is -2.12. The number of carbonyl (C=O) groups is 1. The minimum absolute atomic E-state index is 0.169. The summed E-state index contributed by atoms with van der Waals surface area (Å²) >= 11 is 0. The van der Waals surface area contributed by atoms with Crippen LogP contribution >= 0.6 is 0 Å². The molecule has 1 heterocycles. The SMILES string of the molecule is CNC(C)c1cccc(NC(=O)c2cn[nH]c2)c1. The number of anilines is 1. The number of aromatic amines is 1. The fraction of sp³-hybridized carbons (Fsp3) is 0.231. The summed E-state index contributed by atoms with van der Waals surface area (Å²) in [6.45, 7) is 2.07. The quantitative estimate of drug-likeness (QED) is 0.769. The predicted molar refractivity (Wildman–Crippen MR) is 70.5 cm³/mol. The van der Waals surface area contributed by atoms with Gasteiger partial charge in [-0.3, -0.25) is 9.89 Å². The number of hydrogen-bond donors (Lipinski definition) is 3. The van der Waals surface area contributed by atoms with Crippen LogP contribution in [0.15, 0.2) is 36.7 Å². The largest absolute Gasteiger partial charge is 0.322 e. The highest BCUT2D eigenvalue weighted by molar-refractivity contribution is 6.03. The zero-order chi connectivity index (χ0) is 13.0. The van der Waals surface area contributed by atoms with E-state index in [4.69, 9.17) is 0 Å². The lowest BCUT2D eigenvalue weighted by Crippen LogP contribution is -2.14. The molecule has 0 bridgehead atoms. The normalized spacial score (nSPS) is 12.1. The molecule has 0 fully saturated rings. The summed E-state index contributed by atoms with van der Waals surface area (Å²) in [5.74, 6) is -0.169. The molecule has 94 valence electrons. The minimum atomic E-state index is -0.169. The summed E-state index contributed by atoms with van der Waals surface area (Å²) in [6.07, 6.45) is 3.06. The Morgan fingerprint density at radius 1 is 1.44 bits per heavy atom. The molecule has 0 aliphatic carbocycles. The molecule has 0 spiro atoms. The molecule has 0 aliphatic heterocycles. The van der Waals surface area contributed by atoms with Gasteiger partial charge in [0.2, 0.25) is 0 Å². The van der Waals surface area contributed by atoms with Crippen LogP contribution in [0.3, 0.4) is 0 Å². The Balaban J connectivity index is 2.12. The van der Waals surface area contributed by atoms with E-state index >= 15 is 0 Å². The minimum Gasteiger partial charge on any atom is -0.322 e. The molecule has 1 atom stereocenters. The van der Waals surface area contributed by atoms with Gasteiger partial charge in [0.25, 0.3) is 5.91 Å². The van der Waals surface area contributed by atoms with E-state index < -0.39 is 0 Å². The highest BCUT2D eigenvalue weighted by atomic mass is 16.1. The molecule has 5 heteroatoms. The standard InChI is InChI=1S/C13H16N4O/c1-9(14-2)10-4-3-5-12(6-10)17-13(18)11-7-15-16-8-11/h3-9,14H,1-2H3,(H,15,16)(H,17,18). The van der Waals surface area contributed by atoms with Crippen molar-refractivity contribution in [3.8, 4) is 0 Å². The van der Waals surface area contributed by atoms with Gasteiger partial charge in [-0.1, -0.05) is 12.1 Å². The Morgan fingerprint density at radius 2 is 2.28 bits per heavy atom. The Morgan fingerprint density at radius 3 is 2.94 bits per heavy atom. The number of rotatable bonds is 4. The molecule has 0 aliphatic rings. The van der Waals surface area contributed by atoms with Crippen molar-refractivity contribution in [3.63, 3.8) is 0 Å². The Bertz CT molecular complexity index is 522. The van der Waals surface area contributed by atoms with E-state index in [1.54, 1.807) is 6.20 Å². The molecule has 1 aromatic heterocycles. The number of H-pyrrole nitrogens is 1. The maximum Gasteiger partial charge on any atom is 0.258 e. The van der Waals surface area contributed by atoms with Crippen molar-refractivity contribution in [1.82, 2.24) is 15.5 Å². The first-order chi connectivity index (χ1) is 8.70. The van der Waals surface area contributed by atoms with E-state index in [9.17, 15) is 4.79 Å². The average Bonchev–Trinajstić information content (AvgIpc) is 2.92. The molecule has 1 amide bonds. The summed E-state index contributed by atoms with van der Waals surface area (Å²) in [5.41, 5.74) is 2.42. The molecule has 1 aromatic carbocycles. The highest BCUT2D eigenvalue weighted by Crippen LogP contribution is 2.17. The van der Waals surface area contributed by atoms with Gasteiger partial charge >= 0.3 is 0 Å². The second kappa shape index (κ2) is 5.46. The van der Waals surface area contributed by atoms with E-state index in [0.29, 0.717) is 5.56 Å². The zero-order valence-electron chi connectivity index (χ0n) is 10.4. The molecular formula is C13H16N4O. The molecule has 2 rings (SSSR count). The van der Waals surface area contributed by atoms with E-state index in [1.807, 2.05) is 31.3 Å². The maximum absolute atomic E-state index is 11.8. The van der Waals surface area contributed by atoms with Gasteiger partial charge in [-0.15, -0.1) is 0 Å². The van der Waals surface area contributed by atoms with Gasteiger partial charge in [0.1, 0.15) is 0 Å². The number of nitrogens with zero attached hydrogens (tertiary/aromatic N) is 1. The van der Waals surface area contributed by atoms with Crippen LogP contribution in [0.25, 0.3) is 0 Å². The predicted octanol–water partition coefficient (Wildman–Crippen LogP) is 1.94. The van der Waals surface area contributed by atoms with Crippen molar-refractivity contribution >= 4 is 11.6 Å². The Hall–Kier alpha value is -2.14. The van der Waals surface area contributed by atoms with Crippen LogP contribution < -0.4 is 10.6 Å². The molecule has 0 radical (unpaired) electrons. The fourth-order valence-electron chi connectivity index (χ4n) is 1.63. The van der Waals surface area contributed by atoms with Crippen LogP contribution in [-0.2, 0) is 0 Å². The van der Waals surface area contributed by atoms with Gasteiger partial charge in [0, 0.05) is 17.9 Å². The van der Waals surface area contributed by atoms with Crippen LogP contribution in [0.1, 0.15) is 28.9 Å². The van der Waals surface area contributed by atoms with Gasteiger partial charge in [0.15, 0.2) is 0 Å². The number of amides is 1. The summed E-state index contributed by atoms with van der Waals surface area (Å²) in [4.78, 5) is 11.8. The Labute approximate surface area is 106 Å². The van der Waals surface area contributed by atoms with Gasteiger partial charge < -0.3 is 10.6 Å². The summed E-state index contributed by atoms with van der Waals surface area (Å²) in [7, 11) is 1.90. The summed E-state index contributed by atoms with van der Waals surface area (Å²) in [5, 5.41) is 12.4. The Kier molecular flexibility index (Phi) is 3.74. The molecule has 18 heavy (non-hydrogen) atoms. The summed E-state index contributed by atoms with van der Waals surface area (Å²) in [6, 6.07) is 8.02. The number of aromatic nitrogens is 2. The lowest BCUT2D eigenvalue weighted by molar-refractivity contribution is 0.102. The van der Waals surface area contributed by atoms with Crippen LogP contribution in [0.5, 0.6) is 0 Å². The molecular weight excluding hydrogens is 228 g/mol. The zero-order valence-corrected chi connectivity index (χ0v) is 10.4. The van der Waals surface area contributed by atoms with Gasteiger partial charge in [-0.25, -0.2) is 0 Å². The second-order valence-corrected chi connectivity index (χ2v) is 4.08. The lowest BCUT2D eigenvalue weighted by atomic mass is 10.1. The van der Waals surface area contributed by atoms with Gasteiger partial charge in [0.05, 0.1) is 11.8 Å². The molecule has 1 unspecified atom stereocenters. The molecule has 2 aromatic rings. The van der Waals surface area contributed by atoms with Crippen LogP contribution in [-0.4, -0.2) is 23.2 Å². The number of hydrogen-bond acceptors (Lipinski definition) is 3. The highest BCUT2D eigenvalue weighted by Gasteiger charge is 2.08. The first kappa shape index (κ1) is 12.3. The number of carbonyl (C=O) groups excluding carboxylic acids is 1. The topological polar surface area (TPSA) is 69.8 Å². The smallest absolute Gasteiger partial charge is 0.258 e. The molecule has 0 saturated heterocycles. The second-order valence-electron chi connectivity index (χ2n) is 4.08. The van der Waals surface area contributed by atoms with E-state index in [1.165, 1.54) is 6.20 Å². The van der Waals surface area contributed by atoms with Crippen LogP contribution in [0.4, 0.5) is 5.69 Å². The van der Waals surface area contributed by atoms with E-state index in [-0.39, 0.29) is 11.9 Å². The van der Waals surface area contributed by atoms with Crippen LogP contribution in [0, 0.1) is 0 Å². The first-order valence-electron chi connectivity index (χ1n) is 5.78. The third-order valence-corrected chi connectivity index (χ3v) is 2.84. The van der Waals surface area contributed by atoms with Gasteiger partial charge in [-0.2, -0.15) is 5.10 Å². The third kappa shape index (κ3) is 2.75. The first-order valence-corrected chi connectivity index (χ1v) is 5.78. The van der Waals surface area contributed by atoms with E-state index in [2.05, 4.69) is 27.8 Å². The number of nitrogens with one attached hydrogen (secondary N) is 3. The van der Waals surface area contributed by atoms with Crippen LogP contribution in [0.2, 0.25) is 0 Å².